The summed E-state index contributed by atoms with van der Waals surface area (Å²) in [6.07, 6.45) is 11.5. The zero-order valence-electron chi connectivity index (χ0n) is 28.3. The highest BCUT2D eigenvalue weighted by atomic mass is 16.5. The Morgan fingerprint density at radius 3 is 1.80 bits per heavy atom. The van der Waals surface area contributed by atoms with Gasteiger partial charge in [-0.25, -0.2) is 9.59 Å². The van der Waals surface area contributed by atoms with Crippen molar-refractivity contribution < 1.29 is 59.9 Å². The molecule has 8 N–H and O–H groups in total. The van der Waals surface area contributed by atoms with Crippen molar-refractivity contribution in [2.45, 2.75) is 95.7 Å². The maximum absolute atomic E-state index is 13.8. The van der Waals surface area contributed by atoms with Crippen LogP contribution in [0.15, 0.2) is 66.8 Å². The van der Waals surface area contributed by atoms with E-state index in [1.54, 1.807) is 0 Å². The number of ether oxygens (including phenoxy) is 2. The zero-order valence-corrected chi connectivity index (χ0v) is 28.3. The van der Waals surface area contributed by atoms with Crippen molar-refractivity contribution >= 4 is 11.9 Å². The highest BCUT2D eigenvalue weighted by Crippen LogP contribution is 2.45. The average Bonchev–Trinajstić information content (AvgIpc) is 3.06. The third kappa shape index (κ3) is 10.3. The number of rotatable bonds is 17. The van der Waals surface area contributed by atoms with Crippen LogP contribution in [0.1, 0.15) is 95.9 Å². The number of esters is 1. The number of allylic oxidation sites excluding steroid dienone is 8. The fourth-order valence-corrected chi connectivity index (χ4v) is 5.60. The minimum atomic E-state index is -1.88. The number of aromatic carboxylic acids is 1. The maximum atomic E-state index is 13.8. The third-order valence-electron chi connectivity index (χ3n) is 8.22. The minimum Gasteiger partial charge on any atom is -0.507 e. The topological polar surface area (TPSA) is 214 Å². The molecule has 0 aliphatic carbocycles. The molecule has 2 aromatic rings. The van der Waals surface area contributed by atoms with Crippen LogP contribution in [0.25, 0.3) is 0 Å². The lowest BCUT2D eigenvalue weighted by molar-refractivity contribution is -0.232. The van der Waals surface area contributed by atoms with E-state index in [0.29, 0.717) is 12.8 Å². The lowest BCUT2D eigenvalue weighted by Gasteiger charge is -2.40. The first-order chi connectivity index (χ1) is 24.0. The van der Waals surface area contributed by atoms with Crippen LogP contribution in [0, 0.1) is 0 Å². The Hall–Kier alpha value is -4.46. The predicted octanol–water partition coefficient (Wildman–Crippen LogP) is 4.93. The Morgan fingerprint density at radius 1 is 0.740 bits per heavy atom. The van der Waals surface area contributed by atoms with Crippen molar-refractivity contribution in [3.05, 3.63) is 94.6 Å². The zero-order chi connectivity index (χ0) is 36.8. The van der Waals surface area contributed by atoms with Gasteiger partial charge in [-0.05, 0) is 61.8 Å². The van der Waals surface area contributed by atoms with Gasteiger partial charge in [0.25, 0.3) is 0 Å². The molecule has 0 aromatic heterocycles. The molecule has 1 fully saturated rings. The molecule has 5 atom stereocenters. The summed E-state index contributed by atoms with van der Waals surface area (Å²) in [5.41, 5.74) is -0.915. The number of carbonyl (C=O) groups is 2. The van der Waals surface area contributed by atoms with Crippen LogP contribution in [0.5, 0.6) is 23.0 Å². The molecule has 50 heavy (non-hydrogen) atoms. The van der Waals surface area contributed by atoms with Crippen LogP contribution < -0.4 is 4.74 Å². The molecule has 0 bridgehead atoms. The predicted molar refractivity (Wildman–Crippen MR) is 186 cm³/mol. The van der Waals surface area contributed by atoms with Crippen LogP contribution in [0.4, 0.5) is 0 Å². The standard InChI is InChI=1S/C38H48O12/c1-3-5-7-9-11-13-15-17-23-19-25(21-27(41)29(23)37(46)47)49-38(48)30-24(18-16-14-12-10-8-6-4-2)20-26(40)31(33(30)43)36-35(45)34(44)32(42)28(22-39)50-36/h7-14,19-21,28,32,34-36,39-45H,3-6,15-18,22H2,1-2H3,(H,46,47)/b9-7+,10-8+,13-11+,14-12+. The Kier molecular flexibility index (Phi) is 15.7. The van der Waals surface area contributed by atoms with E-state index in [-0.39, 0.29) is 35.3 Å². The first kappa shape index (κ1) is 40.0. The number of aryl methyl sites for hydroxylation is 2. The van der Waals surface area contributed by atoms with Crippen molar-refractivity contribution in [1.29, 1.82) is 0 Å². The molecule has 1 aliphatic heterocycles. The molecule has 0 radical (unpaired) electrons. The lowest BCUT2D eigenvalue weighted by atomic mass is 9.87. The molecule has 3 rings (SSSR count). The van der Waals surface area contributed by atoms with Gasteiger partial charge in [0.05, 0.1) is 12.2 Å². The number of hydrogen-bond acceptors (Lipinski definition) is 11. The van der Waals surface area contributed by atoms with E-state index in [1.807, 2.05) is 48.6 Å². The molecule has 1 aliphatic rings. The van der Waals surface area contributed by atoms with Crippen molar-refractivity contribution in [2.24, 2.45) is 0 Å². The molecule has 0 amide bonds. The summed E-state index contributed by atoms with van der Waals surface area (Å²) in [5.74, 6) is -4.79. The van der Waals surface area contributed by atoms with Crippen LogP contribution in [0.3, 0.4) is 0 Å². The summed E-state index contributed by atoms with van der Waals surface area (Å²) in [6.45, 7) is 3.34. The van der Waals surface area contributed by atoms with Gasteiger partial charge in [0.2, 0.25) is 0 Å². The molecule has 12 heteroatoms. The second-order valence-corrected chi connectivity index (χ2v) is 12.0. The molecule has 1 saturated heterocycles. The monoisotopic (exact) mass is 696 g/mol. The van der Waals surface area contributed by atoms with Crippen LogP contribution >= 0.6 is 0 Å². The maximum Gasteiger partial charge on any atom is 0.347 e. The summed E-state index contributed by atoms with van der Waals surface area (Å²) in [7, 11) is 0. The molecule has 12 nitrogen and oxygen atoms in total. The van der Waals surface area contributed by atoms with Gasteiger partial charge in [0, 0.05) is 6.07 Å². The van der Waals surface area contributed by atoms with E-state index in [2.05, 4.69) is 13.8 Å². The van der Waals surface area contributed by atoms with E-state index in [4.69, 9.17) is 9.47 Å². The molecule has 272 valence electrons. The quantitative estimate of drug-likeness (QED) is 0.0628. The summed E-state index contributed by atoms with van der Waals surface area (Å²) < 4.78 is 11.1. The number of benzene rings is 2. The largest absolute Gasteiger partial charge is 0.507 e. The summed E-state index contributed by atoms with van der Waals surface area (Å²) >= 11 is 0. The Bertz CT molecular complexity index is 1570. The van der Waals surface area contributed by atoms with Gasteiger partial charge >= 0.3 is 11.9 Å². The number of carboxylic acids is 1. The smallest absolute Gasteiger partial charge is 0.347 e. The van der Waals surface area contributed by atoms with E-state index in [9.17, 15) is 50.4 Å². The Balaban J connectivity index is 2.03. The number of carboxylic acid groups (broad SMARTS) is 1. The van der Waals surface area contributed by atoms with Crippen LogP contribution in [0.2, 0.25) is 0 Å². The Labute approximate surface area is 291 Å². The summed E-state index contributed by atoms with van der Waals surface area (Å²) in [4.78, 5) is 25.8. The van der Waals surface area contributed by atoms with Gasteiger partial charge in [-0.3, -0.25) is 0 Å². The van der Waals surface area contributed by atoms with Gasteiger partial charge in [-0.2, -0.15) is 0 Å². The number of aliphatic hydroxyl groups excluding tert-OH is 4. The minimum absolute atomic E-state index is 0.131. The molecule has 1 heterocycles. The van der Waals surface area contributed by atoms with Gasteiger partial charge in [0.1, 0.15) is 64.6 Å². The van der Waals surface area contributed by atoms with E-state index in [0.717, 1.165) is 31.7 Å². The second-order valence-electron chi connectivity index (χ2n) is 12.0. The first-order valence-corrected chi connectivity index (χ1v) is 16.8. The summed E-state index contributed by atoms with van der Waals surface area (Å²) in [6, 6.07) is 3.46. The van der Waals surface area contributed by atoms with Crippen molar-refractivity contribution in [1.82, 2.24) is 0 Å². The number of phenols is 3. The molecular weight excluding hydrogens is 648 g/mol. The number of hydrogen-bond donors (Lipinski definition) is 8. The molecule has 2 aromatic carbocycles. The van der Waals surface area contributed by atoms with Gasteiger partial charge < -0.3 is 50.3 Å². The van der Waals surface area contributed by atoms with Crippen LogP contribution in [-0.2, 0) is 17.6 Å². The lowest BCUT2D eigenvalue weighted by Crippen LogP contribution is -2.55. The summed E-state index contributed by atoms with van der Waals surface area (Å²) in [5, 5.41) is 83.9. The highest BCUT2D eigenvalue weighted by molar-refractivity contribution is 5.97. The molecule has 5 unspecified atom stereocenters. The van der Waals surface area contributed by atoms with E-state index >= 15 is 0 Å². The van der Waals surface area contributed by atoms with Gasteiger partial charge in [-0.15, -0.1) is 0 Å². The highest BCUT2D eigenvalue weighted by Gasteiger charge is 2.46. The first-order valence-electron chi connectivity index (χ1n) is 16.8. The number of unbranched alkanes of at least 4 members (excludes halogenated alkanes) is 2. The van der Waals surface area contributed by atoms with Crippen molar-refractivity contribution in [3.8, 4) is 23.0 Å². The Morgan fingerprint density at radius 2 is 1.28 bits per heavy atom. The molecule has 0 saturated carbocycles. The van der Waals surface area contributed by atoms with Gasteiger partial charge in [0.15, 0.2) is 0 Å². The molecule has 0 spiro atoms. The van der Waals surface area contributed by atoms with Crippen LogP contribution in [-0.4, -0.2) is 83.8 Å². The molecular formula is C38H48O12. The number of aliphatic hydroxyl groups is 4. The fourth-order valence-electron chi connectivity index (χ4n) is 5.60. The number of aromatic hydroxyl groups is 3. The van der Waals surface area contributed by atoms with Gasteiger partial charge in [-0.1, -0.05) is 75.3 Å². The number of carbonyl (C=O) groups excluding carboxylic acids is 1. The van der Waals surface area contributed by atoms with Crippen molar-refractivity contribution in [3.63, 3.8) is 0 Å². The number of phenolic OH excluding ortho intramolecular Hbond substituents is 2. The normalized spacial score (nSPS) is 21.2. The van der Waals surface area contributed by atoms with E-state index < -0.39 is 77.4 Å². The second kappa shape index (κ2) is 19.7. The average molecular weight is 697 g/mol. The van der Waals surface area contributed by atoms with E-state index in [1.165, 1.54) is 12.1 Å². The SMILES string of the molecule is CCC/C=C/C=C/CCc1cc(OC(=O)c2c(CC/C=C/C=C/CCC)cc(O)c(C3OC(CO)C(O)C(O)C3O)c2O)cc(O)c1C(=O)O. The fraction of sp³-hybridized carbons (Fsp3) is 0.421. The van der Waals surface area contributed by atoms with Crippen molar-refractivity contribution in [2.75, 3.05) is 6.61 Å². The third-order valence-corrected chi connectivity index (χ3v) is 8.22.